The van der Waals surface area contributed by atoms with E-state index in [0.29, 0.717) is 11.2 Å². The molecule has 0 unspecified atom stereocenters. The second-order valence-corrected chi connectivity index (χ2v) is 7.76. The molecule has 150 valence electrons. The van der Waals surface area contributed by atoms with E-state index >= 15 is 0 Å². The van der Waals surface area contributed by atoms with Crippen LogP contribution in [0, 0.1) is 0 Å². The van der Waals surface area contributed by atoms with Crippen LogP contribution >= 0.6 is 11.6 Å². The van der Waals surface area contributed by atoms with E-state index in [9.17, 15) is 13.6 Å². The molecule has 0 saturated heterocycles. The molecule has 2 rings (SSSR count). The maximum atomic E-state index is 13.3. The standard InChI is InChI=1S/C20H23BClF2NO3/c1-20(2,3)28-19(26)25(11-12-5-7-14(27-4)8-6-12)16-10-13(18(23)24)9-15(21)17(16)22/h5-10,18H,11,21H2,1-4H3. The number of hydrogen-bond acceptors (Lipinski definition) is 3. The van der Waals surface area contributed by atoms with Gasteiger partial charge in [-0.05, 0) is 44.5 Å². The first-order chi connectivity index (χ1) is 13.0. The lowest BCUT2D eigenvalue weighted by atomic mass is 9.93. The third kappa shape index (κ3) is 5.61. The number of rotatable bonds is 5. The average Bonchev–Trinajstić information content (AvgIpc) is 2.61. The highest BCUT2D eigenvalue weighted by Crippen LogP contribution is 2.32. The van der Waals surface area contributed by atoms with Crippen LogP contribution in [0.25, 0.3) is 0 Å². The molecule has 0 bridgehead atoms. The van der Waals surface area contributed by atoms with Crippen LogP contribution in [0.4, 0.5) is 19.3 Å². The molecule has 0 aromatic heterocycles. The number of alkyl halides is 2. The van der Waals surface area contributed by atoms with Gasteiger partial charge in [-0.25, -0.2) is 13.6 Å². The van der Waals surface area contributed by atoms with Crippen LogP contribution < -0.4 is 15.1 Å². The molecule has 0 spiro atoms. The summed E-state index contributed by atoms with van der Waals surface area (Å²) >= 11 is 6.38. The van der Waals surface area contributed by atoms with E-state index in [1.165, 1.54) is 17.0 Å². The number of nitrogens with zero attached hydrogens (tertiary/aromatic N) is 1. The maximum absolute atomic E-state index is 13.3. The predicted molar refractivity (Wildman–Crippen MR) is 110 cm³/mol. The predicted octanol–water partition coefficient (Wildman–Crippen LogP) is 4.49. The fourth-order valence-electron chi connectivity index (χ4n) is 2.58. The molecular formula is C20H23BClF2NO3. The largest absolute Gasteiger partial charge is 0.497 e. The quantitative estimate of drug-likeness (QED) is 0.683. The van der Waals surface area contributed by atoms with Crippen molar-refractivity contribution in [1.29, 1.82) is 0 Å². The summed E-state index contributed by atoms with van der Waals surface area (Å²) in [6.45, 7) is 5.31. The molecule has 2 aromatic carbocycles. The molecule has 8 heteroatoms. The Morgan fingerprint density at radius 3 is 2.32 bits per heavy atom. The number of hydrogen-bond donors (Lipinski definition) is 0. The van der Waals surface area contributed by atoms with Crippen molar-refractivity contribution >= 4 is 36.7 Å². The highest BCUT2D eigenvalue weighted by molar-refractivity contribution is 6.47. The van der Waals surface area contributed by atoms with E-state index in [0.717, 1.165) is 5.56 Å². The minimum atomic E-state index is -2.68. The molecule has 0 atom stereocenters. The fourth-order valence-corrected chi connectivity index (χ4v) is 2.79. The van der Waals surface area contributed by atoms with Crippen LogP contribution in [-0.4, -0.2) is 26.7 Å². The van der Waals surface area contributed by atoms with Gasteiger partial charge in [0.1, 0.15) is 19.2 Å². The maximum Gasteiger partial charge on any atom is 0.415 e. The number of methoxy groups -OCH3 is 1. The van der Waals surface area contributed by atoms with E-state index in [2.05, 4.69) is 0 Å². The number of benzene rings is 2. The zero-order chi connectivity index (χ0) is 21.1. The zero-order valence-electron chi connectivity index (χ0n) is 16.6. The van der Waals surface area contributed by atoms with E-state index in [-0.39, 0.29) is 22.8 Å². The number of carbonyl (C=O) groups excluding carboxylic acids is 1. The van der Waals surface area contributed by atoms with Crippen molar-refractivity contribution in [2.45, 2.75) is 39.3 Å². The van der Waals surface area contributed by atoms with Crippen molar-refractivity contribution in [3.8, 4) is 5.75 Å². The van der Waals surface area contributed by atoms with Gasteiger partial charge in [-0.2, -0.15) is 0 Å². The zero-order valence-corrected chi connectivity index (χ0v) is 17.3. The SMILES string of the molecule is Bc1cc(C(F)F)cc(N(Cc2ccc(OC)cc2)C(=O)OC(C)(C)C)c1Cl. The summed E-state index contributed by atoms with van der Waals surface area (Å²) < 4.78 is 37.2. The molecule has 0 aliphatic carbocycles. The van der Waals surface area contributed by atoms with Crippen molar-refractivity contribution in [3.63, 3.8) is 0 Å². The van der Waals surface area contributed by atoms with Gasteiger partial charge < -0.3 is 9.47 Å². The number of anilines is 1. The Bertz CT molecular complexity index is 839. The Labute approximate surface area is 169 Å². The van der Waals surface area contributed by atoms with Gasteiger partial charge in [0.05, 0.1) is 24.4 Å². The molecule has 1 amide bonds. The summed E-state index contributed by atoms with van der Waals surface area (Å²) in [5, 5.41) is 0.226. The van der Waals surface area contributed by atoms with Gasteiger partial charge in [-0.3, -0.25) is 4.90 Å². The first kappa shape index (κ1) is 22.0. The lowest BCUT2D eigenvalue weighted by Gasteiger charge is -2.29. The highest BCUT2D eigenvalue weighted by Gasteiger charge is 2.27. The minimum Gasteiger partial charge on any atom is -0.497 e. The summed E-state index contributed by atoms with van der Waals surface area (Å²) in [5.41, 5.74) is 0.444. The normalized spacial score (nSPS) is 11.4. The smallest absolute Gasteiger partial charge is 0.415 e. The first-order valence-electron chi connectivity index (χ1n) is 8.73. The molecule has 0 heterocycles. The molecule has 0 saturated carbocycles. The summed E-state index contributed by atoms with van der Waals surface area (Å²) in [5.74, 6) is 0.668. The fraction of sp³-hybridized carbons (Fsp3) is 0.350. The van der Waals surface area contributed by atoms with Crippen LogP contribution in [0.5, 0.6) is 5.75 Å². The molecule has 28 heavy (non-hydrogen) atoms. The number of amides is 1. The summed E-state index contributed by atoms with van der Waals surface area (Å²) in [6, 6.07) is 9.63. The molecule has 2 aromatic rings. The highest BCUT2D eigenvalue weighted by atomic mass is 35.5. The van der Waals surface area contributed by atoms with Crippen LogP contribution in [0.2, 0.25) is 5.02 Å². The van der Waals surface area contributed by atoms with Crippen molar-refractivity contribution in [3.05, 3.63) is 52.5 Å². The first-order valence-corrected chi connectivity index (χ1v) is 9.11. The van der Waals surface area contributed by atoms with Gasteiger partial charge in [0.2, 0.25) is 0 Å². The van der Waals surface area contributed by atoms with E-state index in [1.54, 1.807) is 60.0 Å². The van der Waals surface area contributed by atoms with Gasteiger partial charge in [-0.15, -0.1) is 0 Å². The van der Waals surface area contributed by atoms with Crippen LogP contribution in [-0.2, 0) is 11.3 Å². The van der Waals surface area contributed by atoms with E-state index in [4.69, 9.17) is 21.1 Å². The van der Waals surface area contributed by atoms with Gasteiger partial charge in [0, 0.05) is 5.56 Å². The Morgan fingerprint density at radius 2 is 1.82 bits per heavy atom. The Hall–Kier alpha value is -2.28. The molecule has 0 aliphatic rings. The monoisotopic (exact) mass is 409 g/mol. The topological polar surface area (TPSA) is 38.8 Å². The second kappa shape index (κ2) is 8.82. The molecule has 0 aliphatic heterocycles. The Morgan fingerprint density at radius 1 is 1.21 bits per heavy atom. The van der Waals surface area contributed by atoms with Gasteiger partial charge in [0.25, 0.3) is 6.43 Å². The van der Waals surface area contributed by atoms with Crippen LogP contribution in [0.15, 0.2) is 36.4 Å². The van der Waals surface area contributed by atoms with Crippen LogP contribution in [0.1, 0.15) is 38.3 Å². The lowest BCUT2D eigenvalue weighted by Crippen LogP contribution is -2.37. The molecule has 0 fully saturated rings. The Balaban J connectivity index is 2.50. The molecule has 0 radical (unpaired) electrons. The van der Waals surface area contributed by atoms with Gasteiger partial charge >= 0.3 is 6.09 Å². The second-order valence-electron chi connectivity index (χ2n) is 7.39. The number of halogens is 3. The van der Waals surface area contributed by atoms with Crippen molar-refractivity contribution in [2.75, 3.05) is 12.0 Å². The Kier molecular flexibility index (Phi) is 6.94. The number of ether oxygens (including phenoxy) is 2. The average molecular weight is 410 g/mol. The number of carbonyl (C=O) groups is 1. The molecular weight excluding hydrogens is 386 g/mol. The summed E-state index contributed by atoms with van der Waals surface area (Å²) in [4.78, 5) is 14.1. The third-order valence-electron chi connectivity index (χ3n) is 3.91. The molecule has 4 nitrogen and oxygen atoms in total. The third-order valence-corrected chi connectivity index (χ3v) is 4.41. The van der Waals surface area contributed by atoms with Crippen molar-refractivity contribution in [1.82, 2.24) is 0 Å². The van der Waals surface area contributed by atoms with Crippen molar-refractivity contribution < 1.29 is 23.0 Å². The van der Waals surface area contributed by atoms with E-state index in [1.807, 2.05) is 0 Å². The lowest BCUT2D eigenvalue weighted by molar-refractivity contribution is 0.0577. The summed E-state index contributed by atoms with van der Waals surface area (Å²) in [6.07, 6.45) is -3.35. The van der Waals surface area contributed by atoms with Crippen LogP contribution in [0.3, 0.4) is 0 Å². The minimum absolute atomic E-state index is 0.102. The van der Waals surface area contributed by atoms with Crippen molar-refractivity contribution in [2.24, 2.45) is 0 Å². The van der Waals surface area contributed by atoms with E-state index < -0.39 is 18.1 Å². The van der Waals surface area contributed by atoms with Gasteiger partial charge in [0.15, 0.2) is 0 Å². The summed E-state index contributed by atoms with van der Waals surface area (Å²) in [7, 11) is 3.18. The van der Waals surface area contributed by atoms with Gasteiger partial charge in [-0.1, -0.05) is 35.3 Å². The molecule has 0 N–H and O–H groups in total.